The second-order valence-electron chi connectivity index (χ2n) is 3.06. The maximum atomic E-state index is 10.5. The first-order valence-electron chi connectivity index (χ1n) is 3.46. The van der Waals surface area contributed by atoms with Gasteiger partial charge in [-0.15, -0.1) is 0 Å². The molecule has 1 saturated carbocycles. The maximum absolute atomic E-state index is 10.5. The number of hydrogen-bond acceptors (Lipinski definition) is 2. The Balaban J connectivity index is 0. The SMILES string of the molecule is CC1CCC(S(=O)(=O)O)C1.[H-].[Li+]. The molecular weight excluding hydrogens is 159 g/mol. The quantitative estimate of drug-likeness (QED) is 0.374. The Morgan fingerprint density at radius 3 is 2.18 bits per heavy atom. The van der Waals surface area contributed by atoms with Crippen LogP contribution in [0.3, 0.4) is 0 Å². The van der Waals surface area contributed by atoms with Gasteiger partial charge in [0.05, 0.1) is 5.25 Å². The van der Waals surface area contributed by atoms with Gasteiger partial charge in [-0.2, -0.15) is 8.42 Å². The Bertz CT molecular complexity index is 217. The van der Waals surface area contributed by atoms with Gasteiger partial charge < -0.3 is 1.43 Å². The van der Waals surface area contributed by atoms with Crippen LogP contribution >= 0.6 is 0 Å². The van der Waals surface area contributed by atoms with E-state index in [-0.39, 0.29) is 20.3 Å². The van der Waals surface area contributed by atoms with Crippen LogP contribution in [0.2, 0.25) is 0 Å². The van der Waals surface area contributed by atoms with Crippen LogP contribution in [0.1, 0.15) is 27.6 Å². The van der Waals surface area contributed by atoms with Crippen molar-refractivity contribution in [2.45, 2.75) is 31.4 Å². The van der Waals surface area contributed by atoms with Crippen molar-refractivity contribution >= 4 is 10.1 Å². The molecule has 62 valence electrons. The summed E-state index contributed by atoms with van der Waals surface area (Å²) in [5.41, 5.74) is 0. The Morgan fingerprint density at radius 1 is 1.45 bits per heavy atom. The predicted molar refractivity (Wildman–Crippen MR) is 39.5 cm³/mol. The van der Waals surface area contributed by atoms with Gasteiger partial charge in [-0.05, 0) is 25.2 Å². The third-order valence-electron chi connectivity index (χ3n) is 2.07. The molecule has 1 rings (SSSR count). The Hall–Kier alpha value is 0.507. The van der Waals surface area contributed by atoms with E-state index < -0.39 is 15.4 Å². The van der Waals surface area contributed by atoms with Crippen molar-refractivity contribution in [3.8, 4) is 0 Å². The Labute approximate surface area is 81.0 Å². The van der Waals surface area contributed by atoms with Gasteiger partial charge in [0.1, 0.15) is 0 Å². The normalized spacial score (nSPS) is 31.5. The van der Waals surface area contributed by atoms with Gasteiger partial charge >= 0.3 is 18.9 Å². The number of hydrogen-bond donors (Lipinski definition) is 1. The van der Waals surface area contributed by atoms with Gasteiger partial charge in [0, 0.05) is 0 Å². The summed E-state index contributed by atoms with van der Waals surface area (Å²) in [6, 6.07) is 0. The van der Waals surface area contributed by atoms with Crippen LogP contribution in [0, 0.1) is 5.92 Å². The maximum Gasteiger partial charge on any atom is 1.00 e. The molecule has 2 unspecified atom stereocenters. The van der Waals surface area contributed by atoms with Crippen LogP contribution in [-0.4, -0.2) is 18.2 Å². The molecular formula is C6H13LiO3S. The van der Waals surface area contributed by atoms with Gasteiger partial charge in [0.25, 0.3) is 10.1 Å². The van der Waals surface area contributed by atoms with Crippen LogP contribution in [0.15, 0.2) is 0 Å². The Morgan fingerprint density at radius 2 is 2.00 bits per heavy atom. The molecule has 0 aliphatic heterocycles. The summed E-state index contributed by atoms with van der Waals surface area (Å²) < 4.78 is 29.7. The summed E-state index contributed by atoms with van der Waals surface area (Å²) in [6.07, 6.45) is 2.17. The molecule has 0 amide bonds. The smallest absolute Gasteiger partial charge is 1.00 e. The molecule has 2 atom stereocenters. The van der Waals surface area contributed by atoms with Crippen LogP contribution in [-0.2, 0) is 10.1 Å². The minimum absolute atomic E-state index is 0. The van der Waals surface area contributed by atoms with Gasteiger partial charge in [-0.1, -0.05) is 6.92 Å². The molecule has 0 bridgehead atoms. The van der Waals surface area contributed by atoms with E-state index in [1.165, 1.54) is 0 Å². The molecule has 0 aromatic rings. The van der Waals surface area contributed by atoms with E-state index in [9.17, 15) is 8.42 Å². The first-order valence-corrected chi connectivity index (χ1v) is 4.97. The molecule has 0 aromatic heterocycles. The fraction of sp³-hybridized carbons (Fsp3) is 1.00. The summed E-state index contributed by atoms with van der Waals surface area (Å²) in [5, 5.41) is -0.484. The molecule has 0 aromatic carbocycles. The van der Waals surface area contributed by atoms with E-state index in [0.29, 0.717) is 18.8 Å². The summed E-state index contributed by atoms with van der Waals surface area (Å²) in [5.74, 6) is 0.451. The first-order chi connectivity index (χ1) is 4.50. The van der Waals surface area contributed by atoms with E-state index >= 15 is 0 Å². The molecule has 1 N–H and O–H groups in total. The Kier molecular flexibility index (Phi) is 4.13. The molecule has 5 heteroatoms. The molecule has 0 heterocycles. The van der Waals surface area contributed by atoms with E-state index in [1.807, 2.05) is 6.92 Å². The minimum Gasteiger partial charge on any atom is -1.00 e. The zero-order valence-electron chi connectivity index (χ0n) is 7.95. The number of rotatable bonds is 1. The second-order valence-corrected chi connectivity index (χ2v) is 4.75. The minimum atomic E-state index is -3.74. The van der Waals surface area contributed by atoms with Crippen LogP contribution in [0.5, 0.6) is 0 Å². The zero-order valence-corrected chi connectivity index (χ0v) is 7.76. The molecule has 0 radical (unpaired) electrons. The molecule has 1 fully saturated rings. The van der Waals surface area contributed by atoms with Crippen molar-refractivity contribution in [2.24, 2.45) is 5.92 Å². The topological polar surface area (TPSA) is 54.4 Å². The van der Waals surface area contributed by atoms with Crippen molar-refractivity contribution < 1.29 is 33.3 Å². The summed E-state index contributed by atoms with van der Waals surface area (Å²) in [4.78, 5) is 0. The zero-order chi connectivity index (χ0) is 7.78. The van der Waals surface area contributed by atoms with Gasteiger partial charge in [-0.3, -0.25) is 4.55 Å². The van der Waals surface area contributed by atoms with Crippen LogP contribution in [0.25, 0.3) is 0 Å². The predicted octanol–water partition coefficient (Wildman–Crippen LogP) is -1.82. The second kappa shape index (κ2) is 3.95. The fourth-order valence-electron chi connectivity index (χ4n) is 1.43. The third kappa shape index (κ3) is 3.16. The monoisotopic (exact) mass is 172 g/mol. The van der Waals surface area contributed by atoms with Gasteiger partial charge in [0.2, 0.25) is 0 Å². The van der Waals surface area contributed by atoms with Crippen LogP contribution in [0.4, 0.5) is 0 Å². The van der Waals surface area contributed by atoms with E-state index in [1.54, 1.807) is 0 Å². The van der Waals surface area contributed by atoms with Crippen molar-refractivity contribution in [1.29, 1.82) is 0 Å². The van der Waals surface area contributed by atoms with E-state index in [4.69, 9.17) is 4.55 Å². The van der Waals surface area contributed by atoms with Gasteiger partial charge in [-0.25, -0.2) is 0 Å². The van der Waals surface area contributed by atoms with Crippen LogP contribution < -0.4 is 18.9 Å². The molecule has 0 saturated heterocycles. The largest absolute Gasteiger partial charge is 1.00 e. The molecule has 1 aliphatic carbocycles. The third-order valence-corrected chi connectivity index (χ3v) is 3.34. The summed E-state index contributed by atoms with van der Waals surface area (Å²) >= 11 is 0. The molecule has 0 spiro atoms. The molecule has 3 nitrogen and oxygen atoms in total. The standard InChI is InChI=1S/C6H12O3S.Li.H/c1-5-2-3-6(4-5)10(7,8)9;;/h5-6H,2-4H2,1H3,(H,7,8,9);;/q;+1;-1. The summed E-state index contributed by atoms with van der Waals surface area (Å²) in [7, 11) is -3.74. The van der Waals surface area contributed by atoms with Crippen molar-refractivity contribution in [3.05, 3.63) is 0 Å². The van der Waals surface area contributed by atoms with Gasteiger partial charge in [0.15, 0.2) is 0 Å². The van der Waals surface area contributed by atoms with E-state index in [0.717, 1.165) is 6.42 Å². The van der Waals surface area contributed by atoms with E-state index in [2.05, 4.69) is 0 Å². The first kappa shape index (κ1) is 11.5. The summed E-state index contributed by atoms with van der Waals surface area (Å²) in [6.45, 7) is 2.01. The fourth-order valence-corrected chi connectivity index (χ4v) is 2.43. The molecule has 1 aliphatic rings. The van der Waals surface area contributed by atoms with Crippen molar-refractivity contribution in [2.75, 3.05) is 0 Å². The van der Waals surface area contributed by atoms with Crippen molar-refractivity contribution in [1.82, 2.24) is 0 Å². The average Bonchev–Trinajstić information content (AvgIpc) is 2.11. The van der Waals surface area contributed by atoms with Crippen molar-refractivity contribution in [3.63, 3.8) is 0 Å². The molecule has 11 heavy (non-hydrogen) atoms. The average molecular weight is 172 g/mol.